The van der Waals surface area contributed by atoms with Crippen LogP contribution in [0.15, 0.2) is 53.0 Å². The van der Waals surface area contributed by atoms with Crippen LogP contribution in [0, 0.1) is 5.82 Å². The Hall–Kier alpha value is -1.65. The summed E-state index contributed by atoms with van der Waals surface area (Å²) in [7, 11) is 0. The second-order valence-electron chi connectivity index (χ2n) is 4.00. The number of anilines is 1. The van der Waals surface area contributed by atoms with Crippen LogP contribution in [0.5, 0.6) is 0 Å². The lowest BCUT2D eigenvalue weighted by molar-refractivity contribution is -0.111. The summed E-state index contributed by atoms with van der Waals surface area (Å²) in [5, 5.41) is 3.10. The predicted molar refractivity (Wildman–Crippen MR) is 83.2 cm³/mol. The zero-order valence-corrected chi connectivity index (χ0v) is 12.6. The van der Waals surface area contributed by atoms with Crippen molar-refractivity contribution in [2.75, 3.05) is 5.32 Å². The fourth-order valence-corrected chi connectivity index (χ4v) is 1.97. The molecule has 0 bridgehead atoms. The Morgan fingerprint density at radius 3 is 2.55 bits per heavy atom. The lowest BCUT2D eigenvalue weighted by Crippen LogP contribution is -2.09. The van der Waals surface area contributed by atoms with Crippen molar-refractivity contribution in [3.63, 3.8) is 0 Å². The van der Waals surface area contributed by atoms with Gasteiger partial charge in [-0.25, -0.2) is 4.39 Å². The van der Waals surface area contributed by atoms with E-state index in [-0.39, 0.29) is 5.69 Å². The molecule has 0 aromatic heterocycles. The number of carbonyl (C=O) groups excluding carboxylic acids is 1. The summed E-state index contributed by atoms with van der Waals surface area (Å²) in [6, 6.07) is 11.5. The first-order valence-corrected chi connectivity index (χ1v) is 6.91. The molecule has 0 saturated carbocycles. The van der Waals surface area contributed by atoms with Crippen molar-refractivity contribution in [3.05, 3.63) is 69.4 Å². The van der Waals surface area contributed by atoms with Gasteiger partial charge >= 0.3 is 0 Å². The quantitative estimate of drug-likeness (QED) is 0.781. The van der Waals surface area contributed by atoms with E-state index in [2.05, 4.69) is 21.2 Å². The number of benzene rings is 2. The lowest BCUT2D eigenvalue weighted by Gasteiger charge is -2.03. The Morgan fingerprint density at radius 1 is 1.20 bits per heavy atom. The van der Waals surface area contributed by atoms with Crippen molar-refractivity contribution < 1.29 is 9.18 Å². The minimum absolute atomic E-state index is 0.138. The molecular formula is C15H10BrClFNO. The summed E-state index contributed by atoms with van der Waals surface area (Å²) in [5.41, 5.74) is 0.972. The van der Waals surface area contributed by atoms with E-state index >= 15 is 0 Å². The summed E-state index contributed by atoms with van der Waals surface area (Å²) in [5.74, 6) is -0.895. The highest BCUT2D eigenvalue weighted by molar-refractivity contribution is 9.10. The van der Waals surface area contributed by atoms with Crippen molar-refractivity contribution in [1.29, 1.82) is 0 Å². The number of amides is 1. The zero-order valence-electron chi connectivity index (χ0n) is 10.2. The van der Waals surface area contributed by atoms with Gasteiger partial charge in [-0.15, -0.1) is 0 Å². The van der Waals surface area contributed by atoms with Crippen LogP contribution < -0.4 is 5.32 Å². The number of nitrogens with one attached hydrogen (secondary N) is 1. The molecule has 0 radical (unpaired) electrons. The molecule has 2 aromatic rings. The van der Waals surface area contributed by atoms with Crippen LogP contribution in [0.4, 0.5) is 10.1 Å². The first-order chi connectivity index (χ1) is 9.54. The maximum Gasteiger partial charge on any atom is 0.248 e. The average molecular weight is 355 g/mol. The van der Waals surface area contributed by atoms with E-state index in [9.17, 15) is 9.18 Å². The highest BCUT2D eigenvalue weighted by atomic mass is 79.9. The van der Waals surface area contributed by atoms with Crippen molar-refractivity contribution in [3.8, 4) is 0 Å². The summed E-state index contributed by atoms with van der Waals surface area (Å²) in [4.78, 5) is 11.7. The molecule has 0 aliphatic heterocycles. The molecule has 0 aliphatic carbocycles. The van der Waals surface area contributed by atoms with Crippen molar-refractivity contribution in [2.45, 2.75) is 0 Å². The average Bonchev–Trinajstić information content (AvgIpc) is 2.41. The van der Waals surface area contributed by atoms with Crippen molar-refractivity contribution in [1.82, 2.24) is 0 Å². The van der Waals surface area contributed by atoms with Gasteiger partial charge in [0.05, 0.1) is 5.69 Å². The van der Waals surface area contributed by atoms with Gasteiger partial charge in [0, 0.05) is 15.6 Å². The monoisotopic (exact) mass is 353 g/mol. The van der Waals surface area contributed by atoms with Crippen molar-refractivity contribution >= 4 is 45.2 Å². The highest BCUT2D eigenvalue weighted by Gasteiger charge is 2.04. The van der Waals surface area contributed by atoms with Crippen LogP contribution >= 0.6 is 27.5 Å². The van der Waals surface area contributed by atoms with Gasteiger partial charge in [0.25, 0.3) is 0 Å². The first-order valence-electron chi connectivity index (χ1n) is 5.74. The first kappa shape index (κ1) is 14.8. The minimum Gasteiger partial charge on any atom is -0.320 e. The SMILES string of the molecule is O=C(/C=C/c1ccc(Cl)cc1)Nc1ccc(Br)cc1F. The van der Waals surface area contributed by atoms with E-state index in [1.54, 1.807) is 36.4 Å². The van der Waals surface area contributed by atoms with Gasteiger partial charge in [-0.3, -0.25) is 4.79 Å². The molecule has 2 rings (SSSR count). The number of rotatable bonds is 3. The topological polar surface area (TPSA) is 29.1 Å². The summed E-state index contributed by atoms with van der Waals surface area (Å²) in [6.07, 6.45) is 2.97. The van der Waals surface area contributed by atoms with Gasteiger partial charge in [-0.2, -0.15) is 0 Å². The fourth-order valence-electron chi connectivity index (χ4n) is 1.51. The van der Waals surface area contributed by atoms with Crippen LogP contribution in [0.3, 0.4) is 0 Å². The van der Waals surface area contributed by atoms with Crippen LogP contribution in [-0.2, 0) is 4.79 Å². The Bertz CT molecular complexity index is 655. The fraction of sp³-hybridized carbons (Fsp3) is 0. The van der Waals surface area contributed by atoms with Gasteiger partial charge in [0.2, 0.25) is 5.91 Å². The normalized spacial score (nSPS) is 10.8. The third-order valence-electron chi connectivity index (χ3n) is 2.49. The van der Waals surface area contributed by atoms with Crippen LogP contribution in [-0.4, -0.2) is 5.91 Å². The molecule has 0 heterocycles. The number of halogens is 3. The zero-order chi connectivity index (χ0) is 14.5. The van der Waals surface area contributed by atoms with Crippen LogP contribution in [0.25, 0.3) is 6.08 Å². The number of carbonyl (C=O) groups is 1. The van der Waals surface area contributed by atoms with E-state index in [4.69, 9.17) is 11.6 Å². The van der Waals surface area contributed by atoms with Crippen LogP contribution in [0.1, 0.15) is 5.56 Å². The van der Waals surface area contributed by atoms with Crippen molar-refractivity contribution in [2.24, 2.45) is 0 Å². The van der Waals surface area contributed by atoms with Gasteiger partial charge in [-0.05, 0) is 42.0 Å². The van der Waals surface area contributed by atoms with Crippen LogP contribution in [0.2, 0.25) is 5.02 Å². The third-order valence-corrected chi connectivity index (χ3v) is 3.23. The lowest BCUT2D eigenvalue weighted by atomic mass is 10.2. The molecular weight excluding hydrogens is 345 g/mol. The van der Waals surface area contributed by atoms with Gasteiger partial charge in [0.1, 0.15) is 5.82 Å². The molecule has 1 N–H and O–H groups in total. The molecule has 0 aliphatic rings. The van der Waals surface area contributed by atoms with Gasteiger partial charge < -0.3 is 5.32 Å². The van der Waals surface area contributed by atoms with E-state index in [1.165, 1.54) is 18.2 Å². The summed E-state index contributed by atoms with van der Waals surface area (Å²) < 4.78 is 14.2. The minimum atomic E-state index is -0.493. The largest absolute Gasteiger partial charge is 0.320 e. The van der Waals surface area contributed by atoms with E-state index < -0.39 is 11.7 Å². The molecule has 102 valence electrons. The predicted octanol–water partition coefficient (Wildman–Crippen LogP) is 4.89. The Morgan fingerprint density at radius 2 is 1.90 bits per heavy atom. The second kappa shape index (κ2) is 6.68. The molecule has 0 fully saturated rings. The molecule has 1 amide bonds. The van der Waals surface area contributed by atoms with Gasteiger partial charge in [0.15, 0.2) is 0 Å². The maximum atomic E-state index is 13.5. The summed E-state index contributed by atoms with van der Waals surface area (Å²) in [6.45, 7) is 0. The molecule has 0 saturated heterocycles. The van der Waals surface area contributed by atoms with E-state index in [0.717, 1.165) is 5.56 Å². The van der Waals surface area contributed by atoms with E-state index in [1.807, 2.05) is 0 Å². The Labute approximate surface area is 129 Å². The number of hydrogen-bond donors (Lipinski definition) is 1. The smallest absolute Gasteiger partial charge is 0.248 e. The standard InChI is InChI=1S/C15H10BrClFNO/c16-11-4-7-14(13(18)9-11)19-15(20)8-3-10-1-5-12(17)6-2-10/h1-9H,(H,19,20)/b8-3+. The molecule has 0 spiro atoms. The molecule has 0 atom stereocenters. The third kappa shape index (κ3) is 4.18. The maximum absolute atomic E-state index is 13.5. The molecule has 0 unspecified atom stereocenters. The second-order valence-corrected chi connectivity index (χ2v) is 5.35. The molecule has 2 aromatic carbocycles. The number of hydrogen-bond acceptors (Lipinski definition) is 1. The Balaban J connectivity index is 2.03. The Kier molecular flexibility index (Phi) is 4.93. The van der Waals surface area contributed by atoms with Gasteiger partial charge in [-0.1, -0.05) is 39.7 Å². The summed E-state index contributed by atoms with van der Waals surface area (Å²) >= 11 is 8.92. The highest BCUT2D eigenvalue weighted by Crippen LogP contribution is 2.19. The van der Waals surface area contributed by atoms with E-state index in [0.29, 0.717) is 9.50 Å². The molecule has 2 nitrogen and oxygen atoms in total. The molecule has 20 heavy (non-hydrogen) atoms. The molecule has 5 heteroatoms.